The van der Waals surface area contributed by atoms with E-state index < -0.39 is 12.0 Å². The van der Waals surface area contributed by atoms with Gasteiger partial charge in [-0.25, -0.2) is 9.37 Å². The number of fused-ring (bicyclic) bond motifs is 2. The zero-order valence-corrected chi connectivity index (χ0v) is 19.6. The van der Waals surface area contributed by atoms with Crippen LogP contribution in [0.25, 0.3) is 55.2 Å². The van der Waals surface area contributed by atoms with E-state index in [0.29, 0.717) is 28.3 Å². The van der Waals surface area contributed by atoms with Gasteiger partial charge in [-0.15, -0.1) is 11.3 Å². The number of hydrogen-bond acceptors (Lipinski definition) is 8. The number of aliphatic hydroxyl groups is 1. The highest BCUT2D eigenvalue weighted by Crippen LogP contribution is 2.36. The molecule has 0 aliphatic heterocycles. The number of hydrogen-bond donors (Lipinski definition) is 4. The van der Waals surface area contributed by atoms with Crippen molar-refractivity contribution in [3.63, 3.8) is 0 Å². The zero-order valence-electron chi connectivity index (χ0n) is 18.7. The summed E-state index contributed by atoms with van der Waals surface area (Å²) in [6, 6.07) is 5.72. The van der Waals surface area contributed by atoms with E-state index in [1.165, 1.54) is 0 Å². The number of H-pyrrole nitrogens is 2. The molecule has 0 spiro atoms. The standard InChI is InChI=1S/C25H19FN8OS/c26-20-19-16(11-29-21(20)13-6-14(8-27-7-13)30-25(35)12-3-4-12)33-34-23(19)24-31-17-10-28-9-15(22(17)32-24)18-2-1-5-36-18/h1-2,5-12,25,30,35H,3-4H2,(H,31,32)(H,33,34). The molecule has 0 saturated heterocycles. The normalized spacial score (nSPS) is 14.5. The molecule has 0 amide bonds. The zero-order chi connectivity index (χ0) is 24.2. The summed E-state index contributed by atoms with van der Waals surface area (Å²) in [6.07, 6.45) is 9.50. The lowest BCUT2D eigenvalue weighted by Gasteiger charge is -2.13. The van der Waals surface area contributed by atoms with Crippen LogP contribution in [0.15, 0.2) is 54.6 Å². The second-order valence-corrected chi connectivity index (χ2v) is 9.76. The summed E-state index contributed by atoms with van der Waals surface area (Å²) in [6.45, 7) is 0. The number of halogens is 1. The molecule has 1 atom stereocenters. The number of aromatic nitrogens is 7. The third-order valence-corrected chi connectivity index (χ3v) is 7.25. The lowest BCUT2D eigenvalue weighted by atomic mass is 10.1. The summed E-state index contributed by atoms with van der Waals surface area (Å²) in [7, 11) is 0. The second kappa shape index (κ2) is 8.18. The highest BCUT2D eigenvalue weighted by molar-refractivity contribution is 7.13. The van der Waals surface area contributed by atoms with Crippen molar-refractivity contribution < 1.29 is 9.50 Å². The molecule has 6 aromatic rings. The maximum atomic E-state index is 16.0. The lowest BCUT2D eigenvalue weighted by molar-refractivity contribution is 0.180. The van der Waals surface area contributed by atoms with E-state index in [2.05, 4.69) is 35.5 Å². The first-order chi connectivity index (χ1) is 17.7. The molecule has 6 aromatic heterocycles. The van der Waals surface area contributed by atoms with E-state index in [9.17, 15) is 5.11 Å². The maximum Gasteiger partial charge on any atom is 0.161 e. The Morgan fingerprint density at radius 3 is 2.81 bits per heavy atom. The smallest absolute Gasteiger partial charge is 0.161 e. The number of nitrogens with zero attached hydrogens (tertiary/aromatic N) is 5. The van der Waals surface area contributed by atoms with E-state index in [0.717, 1.165) is 34.3 Å². The fourth-order valence-electron chi connectivity index (χ4n) is 4.35. The molecule has 0 radical (unpaired) electrons. The average Bonchev–Trinajstić information content (AvgIpc) is 3.27. The molecule has 9 nitrogen and oxygen atoms in total. The highest BCUT2D eigenvalue weighted by Gasteiger charge is 2.30. The molecule has 7 rings (SSSR count). The number of pyridine rings is 3. The summed E-state index contributed by atoms with van der Waals surface area (Å²) < 4.78 is 16.0. The van der Waals surface area contributed by atoms with Crippen LogP contribution in [0.2, 0.25) is 0 Å². The van der Waals surface area contributed by atoms with Crippen molar-refractivity contribution in [3.8, 4) is 33.2 Å². The predicted octanol–water partition coefficient (Wildman–Crippen LogP) is 4.97. The third-order valence-electron chi connectivity index (χ3n) is 6.34. The van der Waals surface area contributed by atoms with E-state index in [1.54, 1.807) is 48.4 Å². The number of nitrogens with one attached hydrogen (secondary N) is 3. The van der Waals surface area contributed by atoms with Crippen LogP contribution in [0.4, 0.5) is 10.1 Å². The van der Waals surface area contributed by atoms with Crippen LogP contribution in [-0.2, 0) is 0 Å². The van der Waals surface area contributed by atoms with Crippen molar-refractivity contribution in [1.82, 2.24) is 35.1 Å². The third kappa shape index (κ3) is 3.51. The van der Waals surface area contributed by atoms with Crippen LogP contribution in [0.5, 0.6) is 0 Å². The van der Waals surface area contributed by atoms with E-state index >= 15 is 4.39 Å². The van der Waals surface area contributed by atoms with Crippen molar-refractivity contribution in [3.05, 3.63) is 60.4 Å². The van der Waals surface area contributed by atoms with Gasteiger partial charge in [0, 0.05) is 34.3 Å². The molecule has 0 aromatic carbocycles. The fraction of sp³-hybridized carbons (Fsp3) is 0.160. The number of thiophene rings is 1. The Morgan fingerprint density at radius 2 is 1.97 bits per heavy atom. The molecule has 1 aliphatic carbocycles. The summed E-state index contributed by atoms with van der Waals surface area (Å²) >= 11 is 1.60. The number of aliphatic hydroxyl groups excluding tert-OH is 1. The summed E-state index contributed by atoms with van der Waals surface area (Å²) in [5.74, 6) is 0.141. The topological polar surface area (TPSA) is 128 Å². The van der Waals surface area contributed by atoms with E-state index in [1.807, 2.05) is 17.5 Å². The van der Waals surface area contributed by atoms with Gasteiger partial charge in [0.05, 0.1) is 40.7 Å². The van der Waals surface area contributed by atoms with Gasteiger partial charge < -0.3 is 15.4 Å². The van der Waals surface area contributed by atoms with Crippen LogP contribution < -0.4 is 5.32 Å². The van der Waals surface area contributed by atoms with Gasteiger partial charge in [0.1, 0.15) is 23.1 Å². The van der Waals surface area contributed by atoms with Gasteiger partial charge in [0.25, 0.3) is 0 Å². The fourth-order valence-corrected chi connectivity index (χ4v) is 5.09. The minimum atomic E-state index is -0.649. The van der Waals surface area contributed by atoms with Crippen molar-refractivity contribution >= 4 is 39.0 Å². The van der Waals surface area contributed by atoms with E-state index in [-0.39, 0.29) is 17.0 Å². The molecule has 1 fully saturated rings. The molecule has 4 N–H and O–H groups in total. The SMILES string of the molecule is OC(Nc1cncc(-c2ncc3[nH]nc(-c4nc5c(-c6cccs6)cncc5[nH]4)c3c2F)c1)C1CC1. The summed E-state index contributed by atoms with van der Waals surface area (Å²) in [5, 5.41) is 22.8. The number of rotatable bonds is 6. The number of aromatic amines is 2. The first-order valence-electron chi connectivity index (χ1n) is 11.5. The molecule has 1 saturated carbocycles. The Morgan fingerprint density at radius 1 is 1.08 bits per heavy atom. The number of imidazole rings is 1. The van der Waals surface area contributed by atoms with E-state index in [4.69, 9.17) is 4.98 Å². The molecule has 1 aliphatic rings. The number of anilines is 1. The second-order valence-electron chi connectivity index (χ2n) is 8.82. The Labute approximate surface area is 207 Å². The van der Waals surface area contributed by atoms with Crippen molar-refractivity contribution in [2.75, 3.05) is 5.32 Å². The van der Waals surface area contributed by atoms with Crippen LogP contribution in [0, 0.1) is 11.7 Å². The summed E-state index contributed by atoms with van der Waals surface area (Å²) in [5.41, 5.74) is 4.41. The Kier molecular flexibility index (Phi) is 4.79. The van der Waals surface area contributed by atoms with Gasteiger partial charge in [-0.3, -0.25) is 20.1 Å². The predicted molar refractivity (Wildman–Crippen MR) is 136 cm³/mol. The quantitative estimate of drug-likeness (QED) is 0.239. The van der Waals surface area contributed by atoms with Gasteiger partial charge in [0.2, 0.25) is 0 Å². The van der Waals surface area contributed by atoms with Crippen molar-refractivity contribution in [1.29, 1.82) is 0 Å². The first-order valence-corrected chi connectivity index (χ1v) is 12.3. The summed E-state index contributed by atoms with van der Waals surface area (Å²) in [4.78, 5) is 21.9. The monoisotopic (exact) mass is 498 g/mol. The highest BCUT2D eigenvalue weighted by atomic mass is 32.1. The van der Waals surface area contributed by atoms with Crippen LogP contribution in [0.1, 0.15) is 12.8 Å². The average molecular weight is 499 g/mol. The first kappa shape index (κ1) is 21.1. The van der Waals surface area contributed by atoms with Gasteiger partial charge in [-0.05, 0) is 30.4 Å². The maximum absolute atomic E-state index is 16.0. The molecule has 178 valence electrons. The lowest BCUT2D eigenvalue weighted by Crippen LogP contribution is -2.20. The van der Waals surface area contributed by atoms with Crippen molar-refractivity contribution in [2.24, 2.45) is 5.92 Å². The van der Waals surface area contributed by atoms with Crippen LogP contribution >= 0.6 is 11.3 Å². The minimum absolute atomic E-state index is 0.138. The molecule has 11 heteroatoms. The minimum Gasteiger partial charge on any atom is -0.374 e. The Balaban J connectivity index is 1.32. The van der Waals surface area contributed by atoms with Gasteiger partial charge in [-0.1, -0.05) is 6.07 Å². The van der Waals surface area contributed by atoms with Crippen molar-refractivity contribution in [2.45, 2.75) is 19.1 Å². The van der Waals surface area contributed by atoms with Crippen LogP contribution in [-0.4, -0.2) is 46.5 Å². The molecule has 1 unspecified atom stereocenters. The van der Waals surface area contributed by atoms with Gasteiger partial charge in [-0.2, -0.15) is 5.10 Å². The largest absolute Gasteiger partial charge is 0.374 e. The Bertz CT molecular complexity index is 1720. The molecule has 6 heterocycles. The Hall–Kier alpha value is -4.22. The van der Waals surface area contributed by atoms with Gasteiger partial charge >= 0.3 is 0 Å². The molecule has 0 bridgehead atoms. The molecular formula is C25H19FN8OS. The van der Waals surface area contributed by atoms with Gasteiger partial charge in [0.15, 0.2) is 11.6 Å². The van der Waals surface area contributed by atoms with Crippen LogP contribution in [0.3, 0.4) is 0 Å². The molecular weight excluding hydrogens is 479 g/mol. The molecule has 36 heavy (non-hydrogen) atoms.